The predicted octanol–water partition coefficient (Wildman–Crippen LogP) is 6.41. The lowest BCUT2D eigenvalue weighted by Crippen LogP contribution is -2.39. The van der Waals surface area contributed by atoms with Crippen molar-refractivity contribution < 1.29 is 48.3 Å². The molecule has 0 saturated carbocycles. The molecule has 12 heteroatoms. The van der Waals surface area contributed by atoms with Gasteiger partial charge in [-0.25, -0.2) is 19.2 Å². The van der Waals surface area contributed by atoms with Crippen LogP contribution in [-0.2, 0) is 18.9 Å². The van der Waals surface area contributed by atoms with Crippen LogP contribution in [0.2, 0.25) is 0 Å². The van der Waals surface area contributed by atoms with Crippen LogP contribution in [0.5, 0.6) is 11.5 Å². The third-order valence-corrected chi connectivity index (χ3v) is 7.02. The Morgan fingerprint density at radius 2 is 0.958 bits per heavy atom. The van der Waals surface area contributed by atoms with Crippen LogP contribution in [0.1, 0.15) is 86.2 Å². The summed E-state index contributed by atoms with van der Waals surface area (Å²) >= 11 is 0. The average Bonchev–Trinajstić information content (AvgIpc) is 3.02. The number of phenols is 2. The molecular weight excluding hydrogens is 620 g/mol. The van der Waals surface area contributed by atoms with Crippen LogP contribution in [0.3, 0.4) is 0 Å². The van der Waals surface area contributed by atoms with Crippen molar-refractivity contribution in [1.82, 2.24) is 9.80 Å². The Kier molecular flexibility index (Phi) is 12.3. The van der Waals surface area contributed by atoms with E-state index in [-0.39, 0.29) is 34.8 Å². The molecule has 2 amide bonds. The molecule has 0 saturated heterocycles. The highest BCUT2D eigenvalue weighted by molar-refractivity contribution is 5.92. The van der Waals surface area contributed by atoms with Gasteiger partial charge in [0.05, 0.1) is 25.3 Å². The minimum atomic E-state index is -0.554. The van der Waals surface area contributed by atoms with E-state index in [0.717, 1.165) is 11.1 Å². The second-order valence-corrected chi connectivity index (χ2v) is 13.4. The van der Waals surface area contributed by atoms with Crippen LogP contribution in [0.15, 0.2) is 48.6 Å². The van der Waals surface area contributed by atoms with E-state index in [9.17, 15) is 29.4 Å². The Morgan fingerprint density at radius 3 is 1.27 bits per heavy atom. The van der Waals surface area contributed by atoms with Gasteiger partial charge in [0.2, 0.25) is 0 Å². The van der Waals surface area contributed by atoms with Crippen molar-refractivity contribution in [3.63, 3.8) is 0 Å². The number of hydrogen-bond donors (Lipinski definition) is 2. The molecule has 0 radical (unpaired) electrons. The molecule has 48 heavy (non-hydrogen) atoms. The Bertz CT molecular complexity index is 1460. The molecule has 0 aliphatic carbocycles. The maximum Gasteiger partial charge on any atom is 0.410 e. The number of methoxy groups -OCH3 is 2. The monoisotopic (exact) mass is 666 g/mol. The Hall–Kier alpha value is -5.00. The van der Waals surface area contributed by atoms with Crippen molar-refractivity contribution in [2.75, 3.05) is 40.4 Å². The summed E-state index contributed by atoms with van der Waals surface area (Å²) in [6.45, 7) is 12.8. The number of phenolic OH excluding ortho intramolecular Hbond substituents is 2. The summed E-state index contributed by atoms with van der Waals surface area (Å²) in [5.74, 6) is -1.09. The lowest BCUT2D eigenvalue weighted by Gasteiger charge is -2.30. The number of nitrogens with zero attached hydrogens (tertiary/aromatic N) is 2. The molecule has 2 heterocycles. The van der Waals surface area contributed by atoms with E-state index >= 15 is 0 Å². The number of rotatable bonds is 4. The molecule has 2 aliphatic rings. The van der Waals surface area contributed by atoms with Crippen molar-refractivity contribution in [2.24, 2.45) is 0 Å². The second-order valence-electron chi connectivity index (χ2n) is 13.4. The molecule has 2 aromatic carbocycles. The van der Waals surface area contributed by atoms with Gasteiger partial charge in [-0.3, -0.25) is 0 Å². The van der Waals surface area contributed by atoms with Gasteiger partial charge in [0, 0.05) is 26.2 Å². The number of esters is 2. The zero-order chi connectivity index (χ0) is 35.8. The first-order chi connectivity index (χ1) is 22.4. The van der Waals surface area contributed by atoms with Crippen molar-refractivity contribution in [1.29, 1.82) is 0 Å². The van der Waals surface area contributed by atoms with Crippen LogP contribution in [0, 0.1) is 0 Å². The molecule has 12 nitrogen and oxygen atoms in total. The highest BCUT2D eigenvalue weighted by Gasteiger charge is 2.27. The van der Waals surface area contributed by atoms with Crippen LogP contribution in [0.4, 0.5) is 9.59 Å². The summed E-state index contributed by atoms with van der Waals surface area (Å²) in [6.07, 6.45) is 4.60. The van der Waals surface area contributed by atoms with Gasteiger partial charge >= 0.3 is 24.1 Å². The van der Waals surface area contributed by atoms with Gasteiger partial charge in [-0.1, -0.05) is 12.2 Å². The normalized spacial score (nSPS) is 14.8. The fourth-order valence-electron chi connectivity index (χ4n) is 4.94. The molecule has 0 spiro atoms. The van der Waals surface area contributed by atoms with E-state index in [1.807, 2.05) is 53.7 Å². The third-order valence-electron chi connectivity index (χ3n) is 7.02. The zero-order valence-corrected chi connectivity index (χ0v) is 28.9. The highest BCUT2D eigenvalue weighted by atomic mass is 16.6. The number of benzene rings is 2. The van der Waals surface area contributed by atoms with Gasteiger partial charge < -0.3 is 39.0 Å². The minimum absolute atomic E-state index is 0.0248. The molecular formula is C36H46N2O10. The van der Waals surface area contributed by atoms with Crippen molar-refractivity contribution in [2.45, 2.75) is 65.6 Å². The van der Waals surface area contributed by atoms with E-state index in [1.54, 1.807) is 34.1 Å². The standard InChI is InChI=1S/2C18H23NO5/c2*1-18(2,3)24-17(22)19-7-5-6-12(11-19)13-8-14(16(21)23-4)10-15(20)9-13/h2*6,8-10,20H,5,7,11H2,1-4H3. The van der Waals surface area contributed by atoms with Gasteiger partial charge in [0.1, 0.15) is 22.7 Å². The average molecular weight is 667 g/mol. The summed E-state index contributed by atoms with van der Waals surface area (Å²) in [6, 6.07) is 9.13. The van der Waals surface area contributed by atoms with E-state index < -0.39 is 23.1 Å². The first kappa shape index (κ1) is 37.5. The molecule has 0 aromatic heterocycles. The molecule has 2 aromatic rings. The molecule has 260 valence electrons. The van der Waals surface area contributed by atoms with Crippen molar-refractivity contribution in [3.8, 4) is 11.5 Å². The number of aromatic hydroxyl groups is 2. The molecule has 0 unspecified atom stereocenters. The summed E-state index contributed by atoms with van der Waals surface area (Å²) in [5, 5.41) is 19.7. The van der Waals surface area contributed by atoms with E-state index in [1.165, 1.54) is 26.4 Å². The van der Waals surface area contributed by atoms with Gasteiger partial charge in [-0.15, -0.1) is 0 Å². The number of carbonyl (C=O) groups excluding carboxylic acids is 4. The molecule has 2 aliphatic heterocycles. The molecule has 0 bridgehead atoms. The van der Waals surface area contributed by atoms with Gasteiger partial charge in [-0.05, 0) is 113 Å². The van der Waals surface area contributed by atoms with Crippen molar-refractivity contribution in [3.05, 3.63) is 70.8 Å². The summed E-state index contributed by atoms with van der Waals surface area (Å²) in [7, 11) is 2.58. The number of ether oxygens (including phenoxy) is 4. The molecule has 2 N–H and O–H groups in total. The summed E-state index contributed by atoms with van der Waals surface area (Å²) in [4.78, 5) is 51.1. The number of amides is 2. The van der Waals surface area contributed by atoms with Crippen LogP contribution >= 0.6 is 0 Å². The van der Waals surface area contributed by atoms with E-state index in [4.69, 9.17) is 18.9 Å². The molecule has 0 fully saturated rings. The number of carbonyl (C=O) groups is 4. The Morgan fingerprint density at radius 1 is 0.604 bits per heavy atom. The van der Waals surface area contributed by atoms with E-state index in [0.29, 0.717) is 50.1 Å². The van der Waals surface area contributed by atoms with Crippen LogP contribution in [0.25, 0.3) is 11.1 Å². The number of hydrogen-bond acceptors (Lipinski definition) is 10. The fraction of sp³-hybridized carbons (Fsp3) is 0.444. The van der Waals surface area contributed by atoms with Gasteiger partial charge in [-0.2, -0.15) is 0 Å². The SMILES string of the molecule is COC(=O)c1cc(O)cc(C2=CCCN(C(=O)OC(C)(C)C)C2)c1.COC(=O)c1cc(O)cc(C2=CCCN(C(=O)OC(C)(C)C)C2)c1. The third kappa shape index (κ3) is 11.1. The zero-order valence-electron chi connectivity index (χ0n) is 28.9. The van der Waals surface area contributed by atoms with Gasteiger partial charge in [0.25, 0.3) is 0 Å². The maximum atomic E-state index is 12.2. The predicted molar refractivity (Wildman–Crippen MR) is 180 cm³/mol. The molecule has 0 atom stereocenters. The topological polar surface area (TPSA) is 152 Å². The molecule has 4 rings (SSSR count). The largest absolute Gasteiger partial charge is 0.508 e. The Balaban J connectivity index is 0.000000260. The Labute approximate surface area is 281 Å². The van der Waals surface area contributed by atoms with E-state index in [2.05, 4.69) is 0 Å². The highest BCUT2D eigenvalue weighted by Crippen LogP contribution is 2.28. The summed E-state index contributed by atoms with van der Waals surface area (Å²) in [5.41, 5.74) is 2.50. The smallest absolute Gasteiger partial charge is 0.410 e. The summed E-state index contributed by atoms with van der Waals surface area (Å²) < 4.78 is 20.2. The lowest BCUT2D eigenvalue weighted by molar-refractivity contribution is 0.0262. The second kappa shape index (κ2) is 15.7. The first-order valence-electron chi connectivity index (χ1n) is 15.6. The first-order valence-corrected chi connectivity index (χ1v) is 15.6. The minimum Gasteiger partial charge on any atom is -0.508 e. The lowest BCUT2D eigenvalue weighted by atomic mass is 9.99. The van der Waals surface area contributed by atoms with Crippen molar-refractivity contribution >= 4 is 35.3 Å². The maximum absolute atomic E-state index is 12.2. The van der Waals surface area contributed by atoms with Crippen LogP contribution in [-0.4, -0.2) is 95.7 Å². The quantitative estimate of drug-likeness (QED) is 0.277. The van der Waals surface area contributed by atoms with Gasteiger partial charge in [0.15, 0.2) is 0 Å². The van der Waals surface area contributed by atoms with Crippen LogP contribution < -0.4 is 0 Å². The fourth-order valence-corrected chi connectivity index (χ4v) is 4.94.